The molecule has 0 spiro atoms. The minimum absolute atomic E-state index is 0.517. The molecule has 0 radical (unpaired) electrons. The molecule has 46 heavy (non-hydrogen) atoms. The maximum Gasteiger partial charge on any atom is 0.135 e. The van der Waals surface area contributed by atoms with Crippen molar-refractivity contribution in [3.05, 3.63) is 192 Å². The zero-order valence-electron chi connectivity index (χ0n) is 25.1. The molecule has 1 aliphatic carbocycles. The van der Waals surface area contributed by atoms with Crippen molar-refractivity contribution in [1.82, 2.24) is 0 Å². The molecule has 0 saturated carbocycles. The van der Waals surface area contributed by atoms with E-state index in [2.05, 4.69) is 164 Å². The van der Waals surface area contributed by atoms with Gasteiger partial charge in [-0.25, -0.2) is 0 Å². The maximum absolute atomic E-state index is 6.49. The van der Waals surface area contributed by atoms with E-state index >= 15 is 0 Å². The predicted octanol–water partition coefficient (Wildman–Crippen LogP) is 11.8. The lowest BCUT2D eigenvalue weighted by atomic mass is 9.65. The Kier molecular flexibility index (Phi) is 5.27. The summed E-state index contributed by atoms with van der Waals surface area (Å²) in [5.74, 6) is 1.82. The minimum atomic E-state index is -0.517. The molecule has 0 bridgehead atoms. The van der Waals surface area contributed by atoms with Crippen LogP contribution in [-0.2, 0) is 5.41 Å². The second kappa shape index (κ2) is 9.54. The Balaban J connectivity index is 1.33. The summed E-state index contributed by atoms with van der Waals surface area (Å²) in [4.78, 5) is 0. The van der Waals surface area contributed by atoms with E-state index in [1.165, 1.54) is 71.6 Å². The Morgan fingerprint density at radius 3 is 1.87 bits per heavy atom. The summed E-state index contributed by atoms with van der Waals surface area (Å²) in [5.41, 5.74) is 12.1. The molecule has 0 fully saturated rings. The van der Waals surface area contributed by atoms with Crippen LogP contribution < -0.4 is 4.74 Å². The van der Waals surface area contributed by atoms with Crippen LogP contribution in [0.1, 0.15) is 22.3 Å². The van der Waals surface area contributed by atoms with Crippen molar-refractivity contribution >= 4 is 21.5 Å². The highest BCUT2D eigenvalue weighted by Crippen LogP contribution is 2.59. The highest BCUT2D eigenvalue weighted by Gasteiger charge is 2.47. The lowest BCUT2D eigenvalue weighted by Gasteiger charge is -2.36. The third kappa shape index (κ3) is 3.29. The van der Waals surface area contributed by atoms with E-state index in [1.807, 2.05) is 6.07 Å². The summed E-state index contributed by atoms with van der Waals surface area (Å²) < 4.78 is 6.49. The largest absolute Gasteiger partial charge is 0.456 e. The van der Waals surface area contributed by atoms with Crippen molar-refractivity contribution in [3.8, 4) is 44.9 Å². The molecular weight excluding hydrogens is 556 g/mol. The topological polar surface area (TPSA) is 9.23 Å². The lowest BCUT2D eigenvalue weighted by molar-refractivity contribution is 0.487. The number of fused-ring (bicyclic) bond motifs is 7. The van der Waals surface area contributed by atoms with Crippen LogP contribution in [0.4, 0.5) is 0 Å². The molecule has 1 nitrogen and oxygen atoms in total. The zero-order chi connectivity index (χ0) is 30.2. The van der Waals surface area contributed by atoms with Crippen LogP contribution in [-0.4, -0.2) is 0 Å². The van der Waals surface area contributed by atoms with Crippen molar-refractivity contribution in [2.75, 3.05) is 0 Å². The number of ether oxygens (including phenoxy) is 1. The molecule has 1 heteroatoms. The minimum Gasteiger partial charge on any atom is -0.456 e. The molecule has 8 aromatic carbocycles. The first-order valence-corrected chi connectivity index (χ1v) is 15.9. The Morgan fingerprint density at radius 1 is 0.348 bits per heavy atom. The molecule has 1 aliphatic heterocycles. The highest BCUT2D eigenvalue weighted by atomic mass is 16.5. The summed E-state index contributed by atoms with van der Waals surface area (Å²) in [7, 11) is 0. The van der Waals surface area contributed by atoms with Gasteiger partial charge in [-0.05, 0) is 78.4 Å². The fourth-order valence-electron chi connectivity index (χ4n) is 8.35. The van der Waals surface area contributed by atoms with E-state index in [1.54, 1.807) is 0 Å². The molecule has 0 aromatic heterocycles. The molecule has 1 heterocycles. The van der Waals surface area contributed by atoms with Gasteiger partial charge in [0.05, 0.1) is 5.41 Å². The molecule has 10 rings (SSSR count). The fraction of sp³-hybridized carbons (Fsp3) is 0.0222. The number of hydrogen-bond acceptors (Lipinski definition) is 1. The standard InChI is InChI=1S/C45H28O/c1-2-14-30(15-3-1)45(39-23-10-7-19-37(39)43-31-16-5-4-13-29(31)25-27-40(43)45)38-22-9-6-17-33(38)32-26-28-42-44-35(32)20-12-21-36(44)34-18-8-11-24-41(34)46-42/h1-28H. The Morgan fingerprint density at radius 2 is 1.00 bits per heavy atom. The maximum atomic E-state index is 6.49. The second-order valence-electron chi connectivity index (χ2n) is 12.4. The van der Waals surface area contributed by atoms with Crippen LogP contribution in [0.5, 0.6) is 11.5 Å². The van der Waals surface area contributed by atoms with Crippen LogP contribution in [0.2, 0.25) is 0 Å². The summed E-state index contributed by atoms with van der Waals surface area (Å²) in [6.07, 6.45) is 0. The molecule has 1 unspecified atom stereocenters. The van der Waals surface area contributed by atoms with Gasteiger partial charge >= 0.3 is 0 Å². The first kappa shape index (κ1) is 25.4. The second-order valence-corrected chi connectivity index (χ2v) is 12.4. The monoisotopic (exact) mass is 584 g/mol. The smallest absolute Gasteiger partial charge is 0.135 e. The Labute approximate surface area is 268 Å². The zero-order valence-corrected chi connectivity index (χ0v) is 25.1. The summed E-state index contributed by atoms with van der Waals surface area (Å²) in [6.45, 7) is 0. The third-order valence-electron chi connectivity index (χ3n) is 10.2. The lowest BCUT2D eigenvalue weighted by Crippen LogP contribution is -2.29. The highest BCUT2D eigenvalue weighted by molar-refractivity contribution is 6.11. The van der Waals surface area contributed by atoms with Crippen LogP contribution in [0.3, 0.4) is 0 Å². The van der Waals surface area contributed by atoms with Crippen LogP contribution in [0, 0.1) is 0 Å². The van der Waals surface area contributed by atoms with Crippen molar-refractivity contribution in [1.29, 1.82) is 0 Å². The normalized spacial score (nSPS) is 15.7. The van der Waals surface area contributed by atoms with E-state index < -0.39 is 5.41 Å². The van der Waals surface area contributed by atoms with Gasteiger partial charge in [0, 0.05) is 10.9 Å². The summed E-state index contributed by atoms with van der Waals surface area (Å²) in [6, 6.07) is 62.1. The fourth-order valence-corrected chi connectivity index (χ4v) is 8.35. The average Bonchev–Trinajstić information content (AvgIpc) is 3.44. The van der Waals surface area contributed by atoms with E-state index in [-0.39, 0.29) is 0 Å². The van der Waals surface area contributed by atoms with Crippen LogP contribution >= 0.6 is 0 Å². The van der Waals surface area contributed by atoms with Crippen molar-refractivity contribution in [2.24, 2.45) is 0 Å². The quantitative estimate of drug-likeness (QED) is 0.201. The molecular formula is C45H28O. The molecule has 8 aromatic rings. The van der Waals surface area contributed by atoms with Crippen LogP contribution in [0.15, 0.2) is 170 Å². The van der Waals surface area contributed by atoms with Gasteiger partial charge in [0.1, 0.15) is 11.5 Å². The van der Waals surface area contributed by atoms with E-state index in [0.717, 1.165) is 17.1 Å². The molecule has 0 saturated heterocycles. The number of benzene rings is 8. The first-order valence-electron chi connectivity index (χ1n) is 15.9. The van der Waals surface area contributed by atoms with Gasteiger partial charge in [-0.3, -0.25) is 0 Å². The molecule has 1 atom stereocenters. The van der Waals surface area contributed by atoms with Crippen molar-refractivity contribution in [2.45, 2.75) is 5.41 Å². The molecule has 214 valence electrons. The van der Waals surface area contributed by atoms with Gasteiger partial charge in [0.2, 0.25) is 0 Å². The van der Waals surface area contributed by atoms with E-state index in [0.29, 0.717) is 0 Å². The number of rotatable bonds is 3. The van der Waals surface area contributed by atoms with Crippen molar-refractivity contribution < 1.29 is 4.74 Å². The third-order valence-corrected chi connectivity index (χ3v) is 10.2. The van der Waals surface area contributed by atoms with E-state index in [9.17, 15) is 0 Å². The average molecular weight is 585 g/mol. The van der Waals surface area contributed by atoms with Gasteiger partial charge in [-0.2, -0.15) is 0 Å². The first-order chi connectivity index (χ1) is 22.8. The number of para-hydroxylation sites is 1. The molecule has 0 amide bonds. The van der Waals surface area contributed by atoms with Gasteiger partial charge in [-0.15, -0.1) is 0 Å². The predicted molar refractivity (Wildman–Crippen MR) is 190 cm³/mol. The van der Waals surface area contributed by atoms with Crippen LogP contribution in [0.25, 0.3) is 54.9 Å². The van der Waals surface area contributed by atoms with Gasteiger partial charge in [0.25, 0.3) is 0 Å². The Bertz CT molecular complexity index is 2510. The van der Waals surface area contributed by atoms with E-state index in [4.69, 9.17) is 4.74 Å². The molecule has 0 N–H and O–H groups in total. The van der Waals surface area contributed by atoms with Gasteiger partial charge in [-0.1, -0.05) is 158 Å². The van der Waals surface area contributed by atoms with Crippen molar-refractivity contribution in [3.63, 3.8) is 0 Å². The number of hydrogen-bond donors (Lipinski definition) is 0. The van der Waals surface area contributed by atoms with Gasteiger partial charge in [0.15, 0.2) is 0 Å². The molecule has 2 aliphatic rings. The summed E-state index contributed by atoms with van der Waals surface area (Å²) in [5, 5.41) is 4.92. The summed E-state index contributed by atoms with van der Waals surface area (Å²) >= 11 is 0. The van der Waals surface area contributed by atoms with Gasteiger partial charge < -0.3 is 4.74 Å². The SMILES string of the molecule is c1ccc(C2(c3ccccc3-c3ccc4c5c(cccc35)-c3ccccc3O4)c3ccccc3-c3c2ccc2ccccc32)cc1. The Hall–Kier alpha value is -5.92.